The van der Waals surface area contributed by atoms with Gasteiger partial charge >= 0.3 is 5.97 Å². The summed E-state index contributed by atoms with van der Waals surface area (Å²) >= 11 is 0. The number of ether oxygens (including phenoxy) is 1. The Bertz CT molecular complexity index is 635. The van der Waals surface area contributed by atoms with Crippen LogP contribution in [-0.4, -0.2) is 67.6 Å². The minimum atomic E-state index is -0.181. The molecule has 0 saturated carbocycles. The number of carbonyl (C=O) groups is 2. The van der Waals surface area contributed by atoms with Crippen molar-refractivity contribution >= 4 is 17.8 Å². The molecule has 1 fully saturated rings. The van der Waals surface area contributed by atoms with Gasteiger partial charge in [0.25, 0.3) is 5.91 Å². The van der Waals surface area contributed by atoms with Crippen molar-refractivity contribution in [2.24, 2.45) is 16.8 Å². The summed E-state index contributed by atoms with van der Waals surface area (Å²) < 4.78 is 4.88. The number of rotatable bonds is 6. The number of nitrogens with zero attached hydrogens (tertiary/aromatic N) is 3. The van der Waals surface area contributed by atoms with E-state index in [1.807, 2.05) is 13.8 Å². The highest BCUT2D eigenvalue weighted by Crippen LogP contribution is 2.24. The second-order valence-electron chi connectivity index (χ2n) is 6.25. The smallest absolute Gasteiger partial charge is 0.310 e. The molecular weight excluding hydrogens is 334 g/mol. The lowest BCUT2D eigenvalue weighted by molar-refractivity contribution is -0.145. The lowest BCUT2D eigenvalue weighted by Gasteiger charge is -2.21. The number of amides is 1. The molecule has 2 N–H and O–H groups in total. The van der Waals surface area contributed by atoms with Gasteiger partial charge in [0, 0.05) is 38.6 Å². The number of aromatic nitrogens is 1. The van der Waals surface area contributed by atoms with Crippen LogP contribution in [0.25, 0.3) is 0 Å². The molecule has 1 aliphatic heterocycles. The number of guanidine groups is 1. The van der Waals surface area contributed by atoms with E-state index in [0.29, 0.717) is 25.2 Å². The third-order valence-corrected chi connectivity index (χ3v) is 4.33. The summed E-state index contributed by atoms with van der Waals surface area (Å²) in [6, 6.07) is 3.44. The second kappa shape index (κ2) is 9.74. The van der Waals surface area contributed by atoms with E-state index in [-0.39, 0.29) is 23.7 Å². The Hall–Kier alpha value is -2.64. The molecular formula is C18H27N5O3. The van der Waals surface area contributed by atoms with Crippen LogP contribution >= 0.6 is 0 Å². The van der Waals surface area contributed by atoms with Crippen molar-refractivity contribution in [3.8, 4) is 0 Å². The zero-order valence-electron chi connectivity index (χ0n) is 15.6. The molecule has 0 bridgehead atoms. The van der Waals surface area contributed by atoms with Crippen molar-refractivity contribution in [3.63, 3.8) is 0 Å². The Balaban J connectivity index is 1.89. The molecule has 1 saturated heterocycles. The molecule has 0 aliphatic carbocycles. The Kier molecular flexibility index (Phi) is 7.37. The topological polar surface area (TPSA) is 95.9 Å². The van der Waals surface area contributed by atoms with Gasteiger partial charge in [0.05, 0.1) is 25.1 Å². The van der Waals surface area contributed by atoms with Crippen molar-refractivity contribution in [1.82, 2.24) is 20.5 Å². The molecule has 8 nitrogen and oxygen atoms in total. The van der Waals surface area contributed by atoms with Crippen molar-refractivity contribution < 1.29 is 14.3 Å². The fourth-order valence-corrected chi connectivity index (χ4v) is 2.95. The first-order valence-corrected chi connectivity index (χ1v) is 8.86. The molecule has 2 heterocycles. The number of aliphatic imine (C=N–C) groups is 1. The lowest BCUT2D eigenvalue weighted by atomic mass is 9.99. The highest BCUT2D eigenvalue weighted by molar-refractivity contribution is 5.93. The molecule has 1 aromatic heterocycles. The van der Waals surface area contributed by atoms with E-state index in [2.05, 4.69) is 25.5 Å². The predicted octanol–water partition coefficient (Wildman–Crippen LogP) is 0.518. The van der Waals surface area contributed by atoms with Gasteiger partial charge < -0.3 is 20.3 Å². The van der Waals surface area contributed by atoms with Crippen LogP contribution in [0.15, 0.2) is 29.5 Å². The molecule has 1 aliphatic rings. The van der Waals surface area contributed by atoms with E-state index in [0.717, 1.165) is 19.0 Å². The maximum Gasteiger partial charge on any atom is 0.310 e. The standard InChI is InChI=1S/C18H27N5O3/c1-4-20-18(23-11-13(2)15(12-23)17(25)26-3)22-9-8-21-16(24)14-6-5-7-19-10-14/h5-7,10,13,15H,4,8-9,11-12H2,1-3H3,(H,20,22)(H,21,24). The Morgan fingerprint density at radius 2 is 2.19 bits per heavy atom. The van der Waals surface area contributed by atoms with Gasteiger partial charge in [-0.3, -0.25) is 19.6 Å². The van der Waals surface area contributed by atoms with Gasteiger partial charge in [0.2, 0.25) is 0 Å². The monoisotopic (exact) mass is 361 g/mol. The second-order valence-corrected chi connectivity index (χ2v) is 6.25. The highest BCUT2D eigenvalue weighted by Gasteiger charge is 2.36. The number of esters is 1. The number of carbonyl (C=O) groups excluding carboxylic acids is 2. The van der Waals surface area contributed by atoms with Gasteiger partial charge in [-0.15, -0.1) is 0 Å². The van der Waals surface area contributed by atoms with Gasteiger partial charge in [0.1, 0.15) is 0 Å². The van der Waals surface area contributed by atoms with Crippen LogP contribution in [0.4, 0.5) is 0 Å². The number of methoxy groups -OCH3 is 1. The quantitative estimate of drug-likeness (QED) is 0.332. The Morgan fingerprint density at radius 3 is 2.85 bits per heavy atom. The number of hydrogen-bond donors (Lipinski definition) is 2. The molecule has 0 radical (unpaired) electrons. The SMILES string of the molecule is CCNC(=NCCNC(=O)c1cccnc1)N1CC(C)C(C(=O)OC)C1. The first-order chi connectivity index (χ1) is 12.6. The van der Waals surface area contributed by atoms with Gasteiger partial charge in [-0.2, -0.15) is 0 Å². The first-order valence-electron chi connectivity index (χ1n) is 8.86. The average Bonchev–Trinajstić information content (AvgIpc) is 3.05. The molecule has 2 unspecified atom stereocenters. The summed E-state index contributed by atoms with van der Waals surface area (Å²) in [6.07, 6.45) is 3.16. The summed E-state index contributed by atoms with van der Waals surface area (Å²) in [7, 11) is 1.42. The molecule has 2 atom stereocenters. The van der Waals surface area contributed by atoms with E-state index in [4.69, 9.17) is 4.74 Å². The molecule has 1 amide bonds. The van der Waals surface area contributed by atoms with Crippen LogP contribution in [0.5, 0.6) is 0 Å². The first kappa shape index (κ1) is 19.7. The van der Waals surface area contributed by atoms with Crippen LogP contribution in [0.2, 0.25) is 0 Å². The average molecular weight is 361 g/mol. The van der Waals surface area contributed by atoms with Gasteiger partial charge in [-0.25, -0.2) is 0 Å². The van der Waals surface area contributed by atoms with Gasteiger partial charge in [-0.05, 0) is 25.0 Å². The van der Waals surface area contributed by atoms with Crippen LogP contribution in [0.1, 0.15) is 24.2 Å². The van der Waals surface area contributed by atoms with Crippen LogP contribution in [0.3, 0.4) is 0 Å². The molecule has 2 rings (SSSR count). The number of hydrogen-bond acceptors (Lipinski definition) is 5. The third kappa shape index (κ3) is 5.18. The normalized spacial score (nSPS) is 20.0. The number of likely N-dealkylation sites (tertiary alicyclic amines) is 1. The number of nitrogens with one attached hydrogen (secondary N) is 2. The molecule has 1 aromatic rings. The fraction of sp³-hybridized carbons (Fsp3) is 0.556. The molecule has 142 valence electrons. The summed E-state index contributed by atoms with van der Waals surface area (Å²) in [5.74, 6) is 0.463. The van der Waals surface area contributed by atoms with Gasteiger partial charge in [-0.1, -0.05) is 6.92 Å². The maximum atomic E-state index is 12.0. The summed E-state index contributed by atoms with van der Waals surface area (Å²) in [5.41, 5.74) is 0.526. The van der Waals surface area contributed by atoms with E-state index >= 15 is 0 Å². The van der Waals surface area contributed by atoms with Crippen LogP contribution in [-0.2, 0) is 9.53 Å². The van der Waals surface area contributed by atoms with Crippen LogP contribution < -0.4 is 10.6 Å². The molecule has 0 aromatic carbocycles. The maximum absolute atomic E-state index is 12.0. The van der Waals surface area contributed by atoms with Crippen molar-refractivity contribution in [3.05, 3.63) is 30.1 Å². The Labute approximate surface area is 154 Å². The summed E-state index contributed by atoms with van der Waals surface area (Å²) in [6.45, 7) is 6.97. The van der Waals surface area contributed by atoms with E-state index in [1.54, 1.807) is 18.3 Å². The zero-order valence-corrected chi connectivity index (χ0v) is 15.6. The lowest BCUT2D eigenvalue weighted by Crippen LogP contribution is -2.41. The predicted molar refractivity (Wildman–Crippen MR) is 98.8 cm³/mol. The van der Waals surface area contributed by atoms with E-state index < -0.39 is 0 Å². The molecule has 0 spiro atoms. The number of pyridine rings is 1. The van der Waals surface area contributed by atoms with Crippen molar-refractivity contribution in [2.75, 3.05) is 39.8 Å². The largest absolute Gasteiger partial charge is 0.469 e. The Morgan fingerprint density at radius 1 is 1.38 bits per heavy atom. The molecule has 26 heavy (non-hydrogen) atoms. The summed E-state index contributed by atoms with van der Waals surface area (Å²) in [4.78, 5) is 34.4. The summed E-state index contributed by atoms with van der Waals surface area (Å²) in [5, 5.41) is 6.07. The van der Waals surface area contributed by atoms with Crippen molar-refractivity contribution in [1.29, 1.82) is 0 Å². The van der Waals surface area contributed by atoms with Gasteiger partial charge in [0.15, 0.2) is 5.96 Å². The van der Waals surface area contributed by atoms with E-state index in [1.165, 1.54) is 13.3 Å². The zero-order chi connectivity index (χ0) is 18.9. The third-order valence-electron chi connectivity index (χ3n) is 4.33. The highest BCUT2D eigenvalue weighted by atomic mass is 16.5. The fourth-order valence-electron chi connectivity index (χ4n) is 2.95. The minimum absolute atomic E-state index is 0.144. The van der Waals surface area contributed by atoms with Crippen molar-refractivity contribution in [2.45, 2.75) is 13.8 Å². The minimum Gasteiger partial charge on any atom is -0.469 e. The van der Waals surface area contributed by atoms with Crippen LogP contribution in [0, 0.1) is 11.8 Å². The molecule has 8 heteroatoms. The van der Waals surface area contributed by atoms with E-state index in [9.17, 15) is 9.59 Å².